The molecular formula is C14H18NO5S-. The topological polar surface area (TPSA) is 86.7 Å². The van der Waals surface area contributed by atoms with Crippen molar-refractivity contribution in [3.8, 4) is 5.75 Å². The van der Waals surface area contributed by atoms with Gasteiger partial charge in [-0.25, -0.2) is 8.42 Å². The average Bonchev–Trinajstić information content (AvgIpc) is 2.48. The number of hydrogen-bond donors (Lipinski definition) is 0. The van der Waals surface area contributed by atoms with Crippen LogP contribution >= 0.6 is 0 Å². The number of hydrogen-bond acceptors (Lipinski definition) is 5. The van der Waals surface area contributed by atoms with E-state index in [-0.39, 0.29) is 11.4 Å². The van der Waals surface area contributed by atoms with Gasteiger partial charge in [0.2, 0.25) is 10.0 Å². The standard InChI is InChI=1S/C14H19NO5S/c1-2-20-12-5-7-13(8-6-12)21(18,19)15-9-3-4-11(10-15)14(16)17/h5-8,11H,2-4,9-10H2,1H3,(H,16,17)/p-1/t11-/m1/s1. The summed E-state index contributed by atoms with van der Waals surface area (Å²) in [6, 6.07) is 6.14. The van der Waals surface area contributed by atoms with Crippen LogP contribution in [0.2, 0.25) is 0 Å². The van der Waals surface area contributed by atoms with Crippen molar-refractivity contribution in [1.29, 1.82) is 0 Å². The molecule has 21 heavy (non-hydrogen) atoms. The number of sulfonamides is 1. The molecule has 116 valence electrons. The third-order valence-electron chi connectivity index (χ3n) is 3.49. The summed E-state index contributed by atoms with van der Waals surface area (Å²) in [5.74, 6) is -1.33. The maximum atomic E-state index is 12.5. The number of rotatable bonds is 5. The number of nitrogens with zero attached hydrogens (tertiary/aromatic N) is 1. The summed E-state index contributed by atoms with van der Waals surface area (Å²) in [5, 5.41) is 10.9. The van der Waals surface area contributed by atoms with Gasteiger partial charge in [0.25, 0.3) is 0 Å². The van der Waals surface area contributed by atoms with E-state index in [0.29, 0.717) is 31.7 Å². The Bertz CT molecular complexity index is 596. The molecule has 0 N–H and O–H groups in total. The lowest BCUT2D eigenvalue weighted by Gasteiger charge is -2.32. The van der Waals surface area contributed by atoms with Crippen molar-refractivity contribution in [3.63, 3.8) is 0 Å². The molecule has 1 saturated heterocycles. The highest BCUT2D eigenvalue weighted by Gasteiger charge is 2.30. The van der Waals surface area contributed by atoms with Gasteiger partial charge < -0.3 is 14.6 Å². The lowest BCUT2D eigenvalue weighted by Crippen LogP contribution is -2.46. The first-order valence-corrected chi connectivity index (χ1v) is 8.33. The molecule has 1 aliphatic heterocycles. The Labute approximate surface area is 124 Å². The monoisotopic (exact) mass is 312 g/mol. The minimum absolute atomic E-state index is 0.0299. The number of aliphatic carboxylic acids is 1. The Kier molecular flexibility index (Phi) is 4.84. The Hall–Kier alpha value is -1.60. The van der Waals surface area contributed by atoms with E-state index >= 15 is 0 Å². The molecule has 1 fully saturated rings. The molecule has 1 heterocycles. The molecule has 1 atom stereocenters. The van der Waals surface area contributed by atoms with Gasteiger partial charge in [-0.1, -0.05) is 0 Å². The van der Waals surface area contributed by atoms with E-state index in [4.69, 9.17) is 4.74 Å². The predicted molar refractivity (Wildman–Crippen MR) is 74.1 cm³/mol. The molecule has 0 amide bonds. The van der Waals surface area contributed by atoms with Crippen molar-refractivity contribution in [2.45, 2.75) is 24.7 Å². The Morgan fingerprint density at radius 1 is 1.38 bits per heavy atom. The minimum atomic E-state index is -3.67. The van der Waals surface area contributed by atoms with E-state index in [2.05, 4.69) is 0 Å². The number of carbonyl (C=O) groups is 1. The van der Waals surface area contributed by atoms with Gasteiger partial charge in [0.15, 0.2) is 0 Å². The fraction of sp³-hybridized carbons (Fsp3) is 0.500. The summed E-state index contributed by atoms with van der Waals surface area (Å²) < 4.78 is 31.5. The van der Waals surface area contributed by atoms with E-state index in [1.165, 1.54) is 16.4 Å². The lowest BCUT2D eigenvalue weighted by atomic mass is 10.0. The van der Waals surface area contributed by atoms with Crippen molar-refractivity contribution in [3.05, 3.63) is 24.3 Å². The van der Waals surface area contributed by atoms with Crippen LogP contribution in [0, 0.1) is 5.92 Å². The van der Waals surface area contributed by atoms with Crippen LogP contribution in [0.15, 0.2) is 29.2 Å². The van der Waals surface area contributed by atoms with Crippen LogP contribution < -0.4 is 9.84 Å². The molecule has 0 bridgehead atoms. The Morgan fingerprint density at radius 2 is 2.05 bits per heavy atom. The highest BCUT2D eigenvalue weighted by molar-refractivity contribution is 7.89. The number of piperidine rings is 1. The average molecular weight is 312 g/mol. The fourth-order valence-corrected chi connectivity index (χ4v) is 3.90. The number of ether oxygens (including phenoxy) is 1. The van der Waals surface area contributed by atoms with E-state index in [1.807, 2.05) is 6.92 Å². The zero-order valence-corrected chi connectivity index (χ0v) is 12.6. The van der Waals surface area contributed by atoms with Crippen LogP contribution in [0.3, 0.4) is 0 Å². The second kappa shape index (κ2) is 6.44. The lowest BCUT2D eigenvalue weighted by molar-refractivity contribution is -0.312. The van der Waals surface area contributed by atoms with Crippen LogP contribution in [0.25, 0.3) is 0 Å². The fourth-order valence-electron chi connectivity index (χ4n) is 2.38. The largest absolute Gasteiger partial charge is 0.550 e. The van der Waals surface area contributed by atoms with Crippen LogP contribution in [-0.2, 0) is 14.8 Å². The molecule has 0 aromatic heterocycles. The van der Waals surface area contributed by atoms with Gasteiger partial charge in [0.05, 0.1) is 11.5 Å². The number of benzene rings is 1. The van der Waals surface area contributed by atoms with Gasteiger partial charge in [-0.2, -0.15) is 4.31 Å². The molecule has 2 rings (SSSR count). The van der Waals surface area contributed by atoms with Gasteiger partial charge in [0.1, 0.15) is 5.75 Å². The quantitative estimate of drug-likeness (QED) is 0.777. The molecule has 1 aliphatic rings. The zero-order chi connectivity index (χ0) is 15.5. The van der Waals surface area contributed by atoms with E-state index < -0.39 is 21.9 Å². The number of carboxylic acid groups (broad SMARTS) is 1. The van der Waals surface area contributed by atoms with Gasteiger partial charge >= 0.3 is 0 Å². The van der Waals surface area contributed by atoms with Crippen molar-refractivity contribution in [2.75, 3.05) is 19.7 Å². The predicted octanol–water partition coefficient (Wildman–Crippen LogP) is 0.236. The number of carbonyl (C=O) groups excluding carboxylic acids is 1. The minimum Gasteiger partial charge on any atom is -0.550 e. The molecule has 0 unspecified atom stereocenters. The smallest absolute Gasteiger partial charge is 0.243 e. The van der Waals surface area contributed by atoms with E-state index in [9.17, 15) is 18.3 Å². The van der Waals surface area contributed by atoms with Crippen molar-refractivity contribution in [1.82, 2.24) is 4.31 Å². The van der Waals surface area contributed by atoms with Crippen molar-refractivity contribution < 1.29 is 23.1 Å². The highest BCUT2D eigenvalue weighted by Crippen LogP contribution is 2.24. The molecule has 1 aromatic rings. The van der Waals surface area contributed by atoms with Crippen molar-refractivity contribution >= 4 is 16.0 Å². The normalized spacial score (nSPS) is 20.1. The first kappa shape index (κ1) is 15.8. The van der Waals surface area contributed by atoms with Gasteiger partial charge in [-0.15, -0.1) is 0 Å². The summed E-state index contributed by atoms with van der Waals surface area (Å²) in [6.45, 7) is 2.65. The Morgan fingerprint density at radius 3 is 2.62 bits per heavy atom. The highest BCUT2D eigenvalue weighted by atomic mass is 32.2. The van der Waals surface area contributed by atoms with Crippen molar-refractivity contribution in [2.24, 2.45) is 5.92 Å². The van der Waals surface area contributed by atoms with E-state index in [0.717, 1.165) is 0 Å². The SMILES string of the molecule is CCOc1ccc(S(=O)(=O)N2CCC[C@@H](C(=O)[O-])C2)cc1. The molecule has 0 radical (unpaired) electrons. The molecule has 0 spiro atoms. The van der Waals surface area contributed by atoms with Crippen LogP contribution in [0.5, 0.6) is 5.75 Å². The number of carboxylic acids is 1. The molecular weight excluding hydrogens is 294 g/mol. The summed E-state index contributed by atoms with van der Waals surface area (Å²) in [4.78, 5) is 11.1. The summed E-state index contributed by atoms with van der Waals surface area (Å²) in [5.41, 5.74) is 0. The summed E-state index contributed by atoms with van der Waals surface area (Å²) >= 11 is 0. The van der Waals surface area contributed by atoms with Gasteiger partial charge in [-0.05, 0) is 44.0 Å². The first-order valence-electron chi connectivity index (χ1n) is 6.89. The third kappa shape index (κ3) is 3.54. The molecule has 0 aliphatic carbocycles. The third-order valence-corrected chi connectivity index (χ3v) is 5.37. The van der Waals surface area contributed by atoms with Crippen LogP contribution in [-0.4, -0.2) is 38.4 Å². The van der Waals surface area contributed by atoms with Gasteiger partial charge in [0, 0.05) is 25.0 Å². The molecule has 6 nitrogen and oxygen atoms in total. The Balaban J connectivity index is 2.18. The maximum absolute atomic E-state index is 12.5. The molecule has 0 saturated carbocycles. The summed E-state index contributed by atoms with van der Waals surface area (Å²) in [7, 11) is -3.67. The molecule has 1 aromatic carbocycles. The second-order valence-corrected chi connectivity index (χ2v) is 6.86. The maximum Gasteiger partial charge on any atom is 0.243 e. The second-order valence-electron chi connectivity index (χ2n) is 4.93. The first-order chi connectivity index (χ1) is 9.95. The zero-order valence-electron chi connectivity index (χ0n) is 11.8. The van der Waals surface area contributed by atoms with Crippen LogP contribution in [0.4, 0.5) is 0 Å². The molecule has 7 heteroatoms. The van der Waals surface area contributed by atoms with Crippen LogP contribution in [0.1, 0.15) is 19.8 Å². The van der Waals surface area contributed by atoms with E-state index in [1.54, 1.807) is 12.1 Å². The van der Waals surface area contributed by atoms with Gasteiger partial charge in [-0.3, -0.25) is 0 Å². The summed E-state index contributed by atoms with van der Waals surface area (Å²) in [6.07, 6.45) is 0.979.